The molecule has 104 valence electrons. The first-order chi connectivity index (χ1) is 9.09. The molecule has 1 aliphatic rings. The fourth-order valence-electron chi connectivity index (χ4n) is 2.63. The van der Waals surface area contributed by atoms with Crippen molar-refractivity contribution in [1.82, 2.24) is 0 Å². The molecule has 2 nitrogen and oxygen atoms in total. The first kappa shape index (κ1) is 14.5. The average molecular weight is 285 g/mol. The zero-order valence-electron chi connectivity index (χ0n) is 10.7. The van der Waals surface area contributed by atoms with Gasteiger partial charge in [-0.25, -0.2) is 4.39 Å². The van der Waals surface area contributed by atoms with Gasteiger partial charge >= 0.3 is 0 Å². The minimum Gasteiger partial charge on any atom is -0.388 e. The van der Waals surface area contributed by atoms with Crippen LogP contribution in [-0.2, 0) is 4.79 Å². The van der Waals surface area contributed by atoms with Crippen LogP contribution in [0.5, 0.6) is 0 Å². The van der Waals surface area contributed by atoms with Crippen molar-refractivity contribution in [3.8, 4) is 0 Å². The monoisotopic (exact) mass is 284 g/mol. The predicted molar refractivity (Wildman–Crippen MR) is 72.6 cm³/mol. The number of hydrogen-bond donors (Lipinski definition) is 1. The lowest BCUT2D eigenvalue weighted by molar-refractivity contribution is -0.127. The summed E-state index contributed by atoms with van der Waals surface area (Å²) in [4.78, 5) is 12.1. The van der Waals surface area contributed by atoms with Gasteiger partial charge in [-0.3, -0.25) is 4.79 Å². The van der Waals surface area contributed by atoms with Gasteiger partial charge in [0.2, 0.25) is 0 Å². The van der Waals surface area contributed by atoms with Crippen LogP contribution in [0.25, 0.3) is 0 Å². The van der Waals surface area contributed by atoms with E-state index in [2.05, 4.69) is 0 Å². The second-order valence-electron chi connectivity index (χ2n) is 5.14. The number of hydrogen-bond acceptors (Lipinski definition) is 2. The first-order valence-electron chi connectivity index (χ1n) is 6.75. The molecule has 1 aliphatic carbocycles. The van der Waals surface area contributed by atoms with Crippen LogP contribution in [0.1, 0.15) is 50.2 Å². The Bertz CT molecular complexity index is 461. The number of rotatable bonds is 2. The van der Waals surface area contributed by atoms with E-state index in [1.807, 2.05) is 0 Å². The van der Waals surface area contributed by atoms with Gasteiger partial charge in [0.05, 0.1) is 11.1 Å². The summed E-state index contributed by atoms with van der Waals surface area (Å²) in [5.74, 6) is -0.889. The van der Waals surface area contributed by atoms with E-state index < -0.39 is 17.8 Å². The SMILES string of the molecule is O=C1CCCCCCC1C(O)c1ccc(Cl)c(F)c1. The summed E-state index contributed by atoms with van der Waals surface area (Å²) < 4.78 is 13.4. The Balaban J connectivity index is 2.17. The van der Waals surface area contributed by atoms with Crippen LogP contribution < -0.4 is 0 Å². The van der Waals surface area contributed by atoms with Crippen LogP contribution in [0, 0.1) is 11.7 Å². The van der Waals surface area contributed by atoms with Crippen LogP contribution in [0.3, 0.4) is 0 Å². The van der Waals surface area contributed by atoms with Gasteiger partial charge in [-0.1, -0.05) is 36.9 Å². The molecule has 2 atom stereocenters. The third-order valence-electron chi connectivity index (χ3n) is 3.77. The molecule has 1 N–H and O–H groups in total. The summed E-state index contributed by atoms with van der Waals surface area (Å²) in [6, 6.07) is 4.23. The fraction of sp³-hybridized carbons (Fsp3) is 0.533. The van der Waals surface area contributed by atoms with Crippen LogP contribution in [0.15, 0.2) is 18.2 Å². The van der Waals surface area contributed by atoms with Gasteiger partial charge in [-0.05, 0) is 30.5 Å². The van der Waals surface area contributed by atoms with Gasteiger partial charge in [0.1, 0.15) is 11.6 Å². The molecule has 0 amide bonds. The maximum Gasteiger partial charge on any atom is 0.142 e. The normalized spacial score (nSPS) is 22.7. The van der Waals surface area contributed by atoms with Gasteiger partial charge < -0.3 is 5.11 Å². The number of ketones is 1. The van der Waals surface area contributed by atoms with Crippen LogP contribution >= 0.6 is 11.6 Å². The van der Waals surface area contributed by atoms with Crippen molar-refractivity contribution in [3.63, 3.8) is 0 Å². The highest BCUT2D eigenvalue weighted by Gasteiger charge is 2.28. The summed E-state index contributed by atoms with van der Waals surface area (Å²) >= 11 is 5.62. The Kier molecular flexibility index (Phi) is 4.94. The van der Waals surface area contributed by atoms with Gasteiger partial charge in [0, 0.05) is 12.3 Å². The molecule has 2 unspecified atom stereocenters. The third kappa shape index (κ3) is 3.54. The van der Waals surface area contributed by atoms with Crippen molar-refractivity contribution >= 4 is 17.4 Å². The molecular weight excluding hydrogens is 267 g/mol. The topological polar surface area (TPSA) is 37.3 Å². The van der Waals surface area contributed by atoms with Crippen molar-refractivity contribution in [2.45, 2.75) is 44.6 Å². The molecule has 0 aliphatic heterocycles. The van der Waals surface area contributed by atoms with Gasteiger partial charge in [-0.2, -0.15) is 0 Å². The Labute approximate surface area is 117 Å². The molecule has 0 bridgehead atoms. The summed E-state index contributed by atoms with van der Waals surface area (Å²) in [7, 11) is 0. The standard InChI is InChI=1S/C15H18ClFO2/c16-12-8-7-10(9-13(12)17)15(19)11-5-3-1-2-4-6-14(11)18/h7-9,11,15,19H,1-6H2. The highest BCUT2D eigenvalue weighted by atomic mass is 35.5. The number of Topliss-reactive ketones (excluding diaryl/α,β-unsaturated/α-hetero) is 1. The minimum absolute atomic E-state index is 0.0277. The van der Waals surface area contributed by atoms with E-state index in [1.165, 1.54) is 12.1 Å². The van der Waals surface area contributed by atoms with E-state index in [9.17, 15) is 14.3 Å². The summed E-state index contributed by atoms with van der Waals surface area (Å²) in [5, 5.41) is 10.3. The van der Waals surface area contributed by atoms with E-state index in [4.69, 9.17) is 11.6 Å². The molecule has 0 aromatic heterocycles. The molecule has 0 heterocycles. The smallest absolute Gasteiger partial charge is 0.142 e. The Morgan fingerprint density at radius 3 is 2.74 bits per heavy atom. The lowest BCUT2D eigenvalue weighted by Crippen LogP contribution is -2.23. The zero-order valence-corrected chi connectivity index (χ0v) is 11.5. The zero-order chi connectivity index (χ0) is 13.8. The summed E-state index contributed by atoms with van der Waals surface area (Å²) in [6.45, 7) is 0. The first-order valence-corrected chi connectivity index (χ1v) is 7.13. The highest BCUT2D eigenvalue weighted by molar-refractivity contribution is 6.30. The van der Waals surface area contributed by atoms with E-state index in [-0.39, 0.29) is 10.8 Å². The maximum atomic E-state index is 13.4. The van der Waals surface area contributed by atoms with Crippen LogP contribution in [0.4, 0.5) is 4.39 Å². The highest BCUT2D eigenvalue weighted by Crippen LogP contribution is 2.32. The van der Waals surface area contributed by atoms with Crippen molar-refractivity contribution in [1.29, 1.82) is 0 Å². The molecule has 0 spiro atoms. The fourth-order valence-corrected chi connectivity index (χ4v) is 2.74. The molecule has 0 saturated heterocycles. The maximum absolute atomic E-state index is 13.4. The van der Waals surface area contributed by atoms with E-state index in [1.54, 1.807) is 6.07 Å². The second kappa shape index (κ2) is 6.49. The van der Waals surface area contributed by atoms with E-state index >= 15 is 0 Å². The lowest BCUT2D eigenvalue weighted by Gasteiger charge is -2.24. The van der Waals surface area contributed by atoms with Crippen molar-refractivity contribution in [3.05, 3.63) is 34.6 Å². The molecule has 4 heteroatoms. The molecule has 1 fully saturated rings. The second-order valence-corrected chi connectivity index (χ2v) is 5.55. The molecule has 1 aromatic carbocycles. The summed E-state index contributed by atoms with van der Waals surface area (Å²) in [6.07, 6.45) is 4.23. The van der Waals surface area contributed by atoms with Crippen molar-refractivity contribution < 1.29 is 14.3 Å². The van der Waals surface area contributed by atoms with Crippen LogP contribution in [-0.4, -0.2) is 10.9 Å². The third-order valence-corrected chi connectivity index (χ3v) is 4.07. The Morgan fingerprint density at radius 1 is 1.26 bits per heavy atom. The Hall–Kier alpha value is -0.930. The molecule has 19 heavy (non-hydrogen) atoms. The van der Waals surface area contributed by atoms with Gasteiger partial charge in [0.25, 0.3) is 0 Å². The Morgan fingerprint density at radius 2 is 2.00 bits per heavy atom. The predicted octanol–water partition coefficient (Wildman–Crippen LogP) is 4.05. The van der Waals surface area contributed by atoms with Crippen molar-refractivity contribution in [2.24, 2.45) is 5.92 Å². The molecule has 2 rings (SSSR count). The largest absolute Gasteiger partial charge is 0.388 e. The summed E-state index contributed by atoms with van der Waals surface area (Å²) in [5.41, 5.74) is 0.431. The number of aliphatic hydroxyl groups excluding tert-OH is 1. The minimum atomic E-state index is -0.933. The number of carbonyl (C=O) groups is 1. The average Bonchev–Trinajstić information content (AvgIpc) is 2.37. The molecular formula is C15H18ClFO2. The molecule has 1 saturated carbocycles. The molecule has 0 radical (unpaired) electrons. The van der Waals surface area contributed by atoms with E-state index in [0.717, 1.165) is 25.7 Å². The number of aliphatic hydroxyl groups is 1. The van der Waals surface area contributed by atoms with E-state index in [0.29, 0.717) is 18.4 Å². The van der Waals surface area contributed by atoms with Gasteiger partial charge in [0.15, 0.2) is 0 Å². The number of carbonyl (C=O) groups excluding carboxylic acids is 1. The number of halogens is 2. The quantitative estimate of drug-likeness (QED) is 0.889. The number of benzene rings is 1. The van der Waals surface area contributed by atoms with Crippen molar-refractivity contribution in [2.75, 3.05) is 0 Å². The van der Waals surface area contributed by atoms with Gasteiger partial charge in [-0.15, -0.1) is 0 Å². The lowest BCUT2D eigenvalue weighted by atomic mass is 9.83. The van der Waals surface area contributed by atoms with Crippen LogP contribution in [0.2, 0.25) is 5.02 Å². The molecule has 1 aromatic rings.